The van der Waals surface area contributed by atoms with Gasteiger partial charge in [-0.25, -0.2) is 0 Å². The number of nitrogens with zero attached hydrogens (tertiary/aromatic N) is 2. The van der Waals surface area contributed by atoms with Gasteiger partial charge in [0.1, 0.15) is 0 Å². The molecule has 2 aliphatic rings. The molecule has 0 spiro atoms. The van der Waals surface area contributed by atoms with Crippen LogP contribution in [0, 0.1) is 0 Å². The summed E-state index contributed by atoms with van der Waals surface area (Å²) in [5.74, 6) is 0.126. The number of rotatable bonds is 3. The molecule has 2 amide bonds. The van der Waals surface area contributed by atoms with E-state index < -0.39 is 5.54 Å². The molecule has 0 atom stereocenters. The second-order valence-corrected chi connectivity index (χ2v) is 7.35. The molecule has 1 heterocycles. The lowest BCUT2D eigenvalue weighted by Gasteiger charge is -2.41. The molecule has 1 aliphatic carbocycles. The fraction of sp³-hybridized carbons (Fsp3) is 0.600. The number of nitrogens with two attached hydrogens (primary N) is 1. The predicted octanol–water partition coefficient (Wildman–Crippen LogP) is 2.19. The van der Waals surface area contributed by atoms with Crippen molar-refractivity contribution >= 4 is 11.8 Å². The van der Waals surface area contributed by atoms with Crippen molar-refractivity contribution in [2.24, 2.45) is 5.73 Å². The smallest absolute Gasteiger partial charge is 0.253 e. The van der Waals surface area contributed by atoms with Crippen LogP contribution >= 0.6 is 0 Å². The molecule has 5 heteroatoms. The van der Waals surface area contributed by atoms with Gasteiger partial charge in [0, 0.05) is 31.7 Å². The maximum Gasteiger partial charge on any atom is 0.253 e. The third kappa shape index (κ3) is 3.87. The quantitative estimate of drug-likeness (QED) is 0.915. The van der Waals surface area contributed by atoms with Gasteiger partial charge in [0.25, 0.3) is 5.91 Å². The van der Waals surface area contributed by atoms with Crippen molar-refractivity contribution in [1.29, 1.82) is 0 Å². The van der Waals surface area contributed by atoms with Gasteiger partial charge < -0.3 is 15.5 Å². The van der Waals surface area contributed by atoms with Crippen LogP contribution in [0.4, 0.5) is 0 Å². The maximum absolute atomic E-state index is 12.8. The SMILES string of the molecule is CCc1ccc(C(=O)N2CCN(C(=O)C3(N)CCCCC3)CC2)cc1. The summed E-state index contributed by atoms with van der Waals surface area (Å²) >= 11 is 0. The van der Waals surface area contributed by atoms with Crippen LogP contribution in [0.15, 0.2) is 24.3 Å². The molecule has 1 saturated carbocycles. The molecule has 1 saturated heterocycles. The van der Waals surface area contributed by atoms with Crippen molar-refractivity contribution in [3.8, 4) is 0 Å². The molecule has 136 valence electrons. The minimum atomic E-state index is -0.680. The summed E-state index contributed by atoms with van der Waals surface area (Å²) in [4.78, 5) is 29.1. The molecule has 3 rings (SSSR count). The lowest BCUT2D eigenvalue weighted by atomic mass is 9.81. The molecule has 0 aromatic heterocycles. The highest BCUT2D eigenvalue weighted by atomic mass is 16.2. The van der Waals surface area contributed by atoms with E-state index in [0.29, 0.717) is 26.2 Å². The average Bonchev–Trinajstić information content (AvgIpc) is 2.67. The molecule has 1 aromatic rings. The largest absolute Gasteiger partial charge is 0.338 e. The van der Waals surface area contributed by atoms with E-state index in [1.807, 2.05) is 34.1 Å². The van der Waals surface area contributed by atoms with Gasteiger partial charge in [0.15, 0.2) is 0 Å². The summed E-state index contributed by atoms with van der Waals surface area (Å²) in [6.07, 6.45) is 5.79. The van der Waals surface area contributed by atoms with E-state index in [1.54, 1.807) is 0 Å². The lowest BCUT2D eigenvalue weighted by molar-refractivity contribution is -0.139. The number of amides is 2. The summed E-state index contributed by atoms with van der Waals surface area (Å²) in [5.41, 5.74) is 7.65. The van der Waals surface area contributed by atoms with Gasteiger partial charge in [-0.05, 0) is 37.0 Å². The van der Waals surface area contributed by atoms with E-state index >= 15 is 0 Å². The number of carbonyl (C=O) groups is 2. The van der Waals surface area contributed by atoms with Crippen LogP contribution < -0.4 is 5.73 Å². The van der Waals surface area contributed by atoms with Crippen LogP contribution in [0.2, 0.25) is 0 Å². The van der Waals surface area contributed by atoms with Crippen LogP contribution in [0.1, 0.15) is 54.9 Å². The number of hydrogen-bond donors (Lipinski definition) is 1. The fourth-order valence-electron chi connectivity index (χ4n) is 3.89. The summed E-state index contributed by atoms with van der Waals surface area (Å²) in [6, 6.07) is 7.81. The zero-order valence-corrected chi connectivity index (χ0v) is 15.2. The Bertz CT molecular complexity index is 612. The van der Waals surface area contributed by atoms with Gasteiger partial charge in [-0.1, -0.05) is 38.3 Å². The van der Waals surface area contributed by atoms with Gasteiger partial charge >= 0.3 is 0 Å². The van der Waals surface area contributed by atoms with Gasteiger partial charge in [0.2, 0.25) is 5.91 Å². The molecule has 0 unspecified atom stereocenters. The summed E-state index contributed by atoms with van der Waals surface area (Å²) in [7, 11) is 0. The zero-order chi connectivity index (χ0) is 17.9. The van der Waals surface area contributed by atoms with Crippen molar-refractivity contribution in [3.05, 3.63) is 35.4 Å². The molecule has 2 N–H and O–H groups in total. The Kier molecular flexibility index (Phi) is 5.42. The highest BCUT2D eigenvalue weighted by Gasteiger charge is 2.39. The fourth-order valence-corrected chi connectivity index (χ4v) is 3.89. The molecule has 1 aromatic carbocycles. The zero-order valence-electron chi connectivity index (χ0n) is 15.2. The molecule has 25 heavy (non-hydrogen) atoms. The van der Waals surface area contributed by atoms with Gasteiger partial charge in [-0.2, -0.15) is 0 Å². The Labute approximate surface area is 150 Å². The molecule has 5 nitrogen and oxygen atoms in total. The Morgan fingerprint density at radius 2 is 1.52 bits per heavy atom. The van der Waals surface area contributed by atoms with Crippen molar-refractivity contribution in [2.45, 2.75) is 51.0 Å². The second kappa shape index (κ2) is 7.56. The van der Waals surface area contributed by atoms with Crippen molar-refractivity contribution < 1.29 is 9.59 Å². The van der Waals surface area contributed by atoms with Crippen molar-refractivity contribution in [1.82, 2.24) is 9.80 Å². The van der Waals surface area contributed by atoms with E-state index in [1.165, 1.54) is 12.0 Å². The summed E-state index contributed by atoms with van der Waals surface area (Å²) in [6.45, 7) is 4.42. The first-order chi connectivity index (χ1) is 12.0. The summed E-state index contributed by atoms with van der Waals surface area (Å²) < 4.78 is 0. The number of hydrogen-bond acceptors (Lipinski definition) is 3. The second-order valence-electron chi connectivity index (χ2n) is 7.35. The minimum absolute atomic E-state index is 0.0508. The Morgan fingerprint density at radius 1 is 0.960 bits per heavy atom. The van der Waals surface area contributed by atoms with Crippen molar-refractivity contribution in [2.75, 3.05) is 26.2 Å². The minimum Gasteiger partial charge on any atom is -0.338 e. The van der Waals surface area contributed by atoms with E-state index in [4.69, 9.17) is 5.73 Å². The van der Waals surface area contributed by atoms with Crippen LogP contribution in [0.25, 0.3) is 0 Å². The Morgan fingerprint density at radius 3 is 2.08 bits per heavy atom. The van der Waals surface area contributed by atoms with Crippen LogP contribution in [0.5, 0.6) is 0 Å². The molecule has 0 bridgehead atoms. The first-order valence-corrected chi connectivity index (χ1v) is 9.50. The normalized spacial score (nSPS) is 20.4. The van der Waals surface area contributed by atoms with Gasteiger partial charge in [-0.15, -0.1) is 0 Å². The van der Waals surface area contributed by atoms with E-state index in [2.05, 4.69) is 6.92 Å². The van der Waals surface area contributed by atoms with E-state index in [9.17, 15) is 9.59 Å². The molecular weight excluding hydrogens is 314 g/mol. The monoisotopic (exact) mass is 343 g/mol. The van der Waals surface area contributed by atoms with E-state index in [-0.39, 0.29) is 11.8 Å². The van der Waals surface area contributed by atoms with Crippen LogP contribution in [0.3, 0.4) is 0 Å². The Hall–Kier alpha value is -1.88. The van der Waals surface area contributed by atoms with E-state index in [0.717, 1.165) is 37.7 Å². The first-order valence-electron chi connectivity index (χ1n) is 9.50. The Balaban J connectivity index is 1.57. The van der Waals surface area contributed by atoms with Crippen LogP contribution in [-0.4, -0.2) is 53.3 Å². The number of benzene rings is 1. The van der Waals surface area contributed by atoms with Crippen LogP contribution in [-0.2, 0) is 11.2 Å². The number of carbonyl (C=O) groups excluding carboxylic acids is 2. The third-order valence-electron chi connectivity index (χ3n) is 5.63. The molecular formula is C20H29N3O2. The first kappa shape index (κ1) is 17.9. The number of piperazine rings is 1. The van der Waals surface area contributed by atoms with Gasteiger partial charge in [-0.3, -0.25) is 9.59 Å². The standard InChI is InChI=1S/C20H29N3O2/c1-2-16-6-8-17(9-7-16)18(24)22-12-14-23(15-13-22)19(25)20(21)10-4-3-5-11-20/h6-9H,2-5,10-15,21H2,1H3. The average molecular weight is 343 g/mol. The third-order valence-corrected chi connectivity index (χ3v) is 5.63. The van der Waals surface area contributed by atoms with Crippen molar-refractivity contribution in [3.63, 3.8) is 0 Å². The molecule has 1 aliphatic heterocycles. The highest BCUT2D eigenvalue weighted by molar-refractivity contribution is 5.94. The molecule has 2 fully saturated rings. The van der Waals surface area contributed by atoms with Gasteiger partial charge in [0.05, 0.1) is 5.54 Å². The maximum atomic E-state index is 12.8. The topological polar surface area (TPSA) is 66.6 Å². The highest BCUT2D eigenvalue weighted by Crippen LogP contribution is 2.28. The predicted molar refractivity (Wildman–Crippen MR) is 98.3 cm³/mol. The lowest BCUT2D eigenvalue weighted by Crippen LogP contribution is -2.60. The number of aryl methyl sites for hydroxylation is 1. The summed E-state index contributed by atoms with van der Waals surface area (Å²) in [5, 5.41) is 0. The molecule has 0 radical (unpaired) electrons.